The molecule has 1 unspecified atom stereocenters. The van der Waals surface area contributed by atoms with Crippen molar-refractivity contribution in [1.82, 2.24) is 15.3 Å². The van der Waals surface area contributed by atoms with Gasteiger partial charge in [-0.05, 0) is 55.2 Å². The molecule has 5 heteroatoms. The molecule has 1 amide bonds. The van der Waals surface area contributed by atoms with Crippen LogP contribution in [-0.2, 0) is 12.8 Å². The zero-order chi connectivity index (χ0) is 17.5. The van der Waals surface area contributed by atoms with Gasteiger partial charge in [0.1, 0.15) is 5.69 Å². The van der Waals surface area contributed by atoms with Gasteiger partial charge in [-0.2, -0.15) is 0 Å². The van der Waals surface area contributed by atoms with Crippen molar-refractivity contribution < 1.29 is 9.90 Å². The Labute approximate surface area is 142 Å². The molecule has 2 atom stereocenters. The summed E-state index contributed by atoms with van der Waals surface area (Å²) in [6, 6.07) is 3.69. The minimum atomic E-state index is -0.266. The van der Waals surface area contributed by atoms with Gasteiger partial charge in [-0.25, -0.2) is 0 Å². The lowest BCUT2D eigenvalue weighted by Crippen LogP contribution is -2.35. The summed E-state index contributed by atoms with van der Waals surface area (Å²) in [4.78, 5) is 20.2. The molecule has 0 saturated heterocycles. The van der Waals surface area contributed by atoms with Crippen molar-refractivity contribution in [1.29, 1.82) is 0 Å². The zero-order valence-corrected chi connectivity index (χ0v) is 14.9. The maximum atomic E-state index is 12.2. The molecule has 0 radical (unpaired) electrons. The molecule has 2 aromatic heterocycles. The summed E-state index contributed by atoms with van der Waals surface area (Å²) in [7, 11) is 0. The van der Waals surface area contributed by atoms with E-state index in [-0.39, 0.29) is 18.6 Å². The number of nitrogens with one attached hydrogen (secondary N) is 2. The Bertz CT molecular complexity index is 758. The van der Waals surface area contributed by atoms with E-state index in [1.54, 1.807) is 13.0 Å². The summed E-state index contributed by atoms with van der Waals surface area (Å²) in [5, 5.41) is 11.8. The second-order valence-electron chi connectivity index (χ2n) is 8.07. The molecule has 0 bridgehead atoms. The SMILES string of the molecule is C[C@@H](CO)NC(=O)c1cc2nc3c(cc2[nH]1)CC(C(C)(C)C)CC3. The fourth-order valence-corrected chi connectivity index (χ4v) is 3.42. The molecule has 24 heavy (non-hydrogen) atoms. The van der Waals surface area contributed by atoms with E-state index < -0.39 is 0 Å². The van der Waals surface area contributed by atoms with Crippen LogP contribution in [0.1, 0.15) is 55.9 Å². The highest BCUT2D eigenvalue weighted by Gasteiger charge is 2.29. The van der Waals surface area contributed by atoms with Crippen molar-refractivity contribution in [3.8, 4) is 0 Å². The Balaban J connectivity index is 1.88. The van der Waals surface area contributed by atoms with Crippen molar-refractivity contribution in [3.05, 3.63) is 29.1 Å². The van der Waals surface area contributed by atoms with E-state index in [1.807, 2.05) is 0 Å². The lowest BCUT2D eigenvalue weighted by Gasteiger charge is -2.34. The summed E-state index contributed by atoms with van der Waals surface area (Å²) >= 11 is 0. The number of aliphatic hydroxyl groups excluding tert-OH is 1. The number of carbonyl (C=O) groups excluding carboxylic acids is 1. The van der Waals surface area contributed by atoms with Crippen LogP contribution in [0.2, 0.25) is 0 Å². The van der Waals surface area contributed by atoms with Gasteiger partial charge in [-0.15, -0.1) is 0 Å². The van der Waals surface area contributed by atoms with Crippen LogP contribution in [0, 0.1) is 11.3 Å². The number of hydrogen-bond acceptors (Lipinski definition) is 3. The van der Waals surface area contributed by atoms with Crippen LogP contribution in [0.25, 0.3) is 11.0 Å². The topological polar surface area (TPSA) is 78.0 Å². The van der Waals surface area contributed by atoms with Gasteiger partial charge < -0.3 is 15.4 Å². The highest BCUT2D eigenvalue weighted by atomic mass is 16.3. The molecule has 5 nitrogen and oxygen atoms in total. The largest absolute Gasteiger partial charge is 0.394 e. The summed E-state index contributed by atoms with van der Waals surface area (Å²) in [5.41, 5.74) is 5.00. The second-order valence-corrected chi connectivity index (χ2v) is 8.07. The third kappa shape index (κ3) is 3.31. The van der Waals surface area contributed by atoms with Crippen LogP contribution in [0.15, 0.2) is 12.1 Å². The third-order valence-corrected chi connectivity index (χ3v) is 5.09. The molecule has 1 aliphatic carbocycles. The van der Waals surface area contributed by atoms with E-state index in [9.17, 15) is 4.79 Å². The van der Waals surface area contributed by atoms with Crippen molar-refractivity contribution in [3.63, 3.8) is 0 Å². The molecular formula is C19H27N3O2. The summed E-state index contributed by atoms with van der Waals surface area (Å²) in [6.45, 7) is 8.59. The number of rotatable bonds is 3. The number of hydrogen-bond donors (Lipinski definition) is 3. The summed E-state index contributed by atoms with van der Waals surface area (Å²) in [5.74, 6) is 0.451. The first-order valence-corrected chi connectivity index (χ1v) is 8.71. The number of aromatic nitrogens is 2. The standard InChI is InChI=1S/C19H27N3O2/c1-11(10-23)20-18(24)17-9-16-15(22-17)8-12-7-13(19(2,3)4)5-6-14(12)21-16/h8-9,11,13,22-23H,5-7,10H2,1-4H3,(H,20,24)/t11-,13?/m0/s1. The smallest absolute Gasteiger partial charge is 0.268 e. The van der Waals surface area contributed by atoms with Gasteiger partial charge >= 0.3 is 0 Å². The summed E-state index contributed by atoms with van der Waals surface area (Å²) in [6.07, 6.45) is 3.21. The number of fused-ring (bicyclic) bond motifs is 2. The number of aliphatic hydroxyl groups is 1. The van der Waals surface area contributed by atoms with Crippen LogP contribution < -0.4 is 5.32 Å². The van der Waals surface area contributed by atoms with E-state index in [4.69, 9.17) is 10.1 Å². The van der Waals surface area contributed by atoms with E-state index in [0.717, 1.165) is 29.6 Å². The van der Waals surface area contributed by atoms with Crippen molar-refractivity contribution >= 4 is 16.9 Å². The lowest BCUT2D eigenvalue weighted by molar-refractivity contribution is 0.0918. The molecule has 0 aliphatic heterocycles. The van der Waals surface area contributed by atoms with Gasteiger partial charge in [0.2, 0.25) is 0 Å². The molecule has 0 spiro atoms. The van der Waals surface area contributed by atoms with E-state index in [2.05, 4.69) is 37.1 Å². The molecule has 0 fully saturated rings. The normalized spacial score (nSPS) is 19.1. The average Bonchev–Trinajstić information content (AvgIpc) is 2.93. The predicted molar refractivity (Wildman–Crippen MR) is 95.1 cm³/mol. The highest BCUT2D eigenvalue weighted by Crippen LogP contribution is 2.37. The van der Waals surface area contributed by atoms with Gasteiger partial charge in [-0.3, -0.25) is 9.78 Å². The van der Waals surface area contributed by atoms with Crippen LogP contribution in [0.3, 0.4) is 0 Å². The minimum absolute atomic E-state index is 0.0767. The van der Waals surface area contributed by atoms with E-state index in [0.29, 0.717) is 17.0 Å². The Hall–Kier alpha value is -1.88. The van der Waals surface area contributed by atoms with Gasteiger partial charge in [0.15, 0.2) is 0 Å². The maximum absolute atomic E-state index is 12.2. The van der Waals surface area contributed by atoms with Crippen molar-refractivity contribution in [2.24, 2.45) is 11.3 Å². The fourth-order valence-electron chi connectivity index (χ4n) is 3.42. The zero-order valence-electron chi connectivity index (χ0n) is 14.9. The molecule has 0 saturated carbocycles. The maximum Gasteiger partial charge on any atom is 0.268 e. The number of pyridine rings is 1. The van der Waals surface area contributed by atoms with Crippen LogP contribution >= 0.6 is 0 Å². The number of carbonyl (C=O) groups is 1. The first kappa shape index (κ1) is 17.0. The van der Waals surface area contributed by atoms with Gasteiger partial charge in [0, 0.05) is 11.7 Å². The Kier molecular flexibility index (Phi) is 4.38. The molecule has 2 aromatic rings. The molecule has 3 rings (SSSR count). The number of aromatic amines is 1. The summed E-state index contributed by atoms with van der Waals surface area (Å²) < 4.78 is 0. The van der Waals surface area contributed by atoms with Crippen molar-refractivity contribution in [2.45, 2.75) is 53.0 Å². The van der Waals surface area contributed by atoms with Crippen LogP contribution in [-0.4, -0.2) is 33.6 Å². The number of nitrogens with zero attached hydrogens (tertiary/aromatic N) is 1. The van der Waals surface area contributed by atoms with Crippen LogP contribution in [0.4, 0.5) is 0 Å². The third-order valence-electron chi connectivity index (χ3n) is 5.09. The predicted octanol–water partition coefficient (Wildman–Crippen LogP) is 2.82. The molecule has 1 aliphatic rings. The number of H-pyrrole nitrogens is 1. The van der Waals surface area contributed by atoms with Gasteiger partial charge in [0.25, 0.3) is 5.91 Å². The second kappa shape index (κ2) is 6.20. The quantitative estimate of drug-likeness (QED) is 0.810. The first-order chi connectivity index (χ1) is 11.3. The Morgan fingerprint density at radius 2 is 2.21 bits per heavy atom. The fraction of sp³-hybridized carbons (Fsp3) is 0.579. The molecule has 3 N–H and O–H groups in total. The number of amides is 1. The van der Waals surface area contributed by atoms with Crippen LogP contribution in [0.5, 0.6) is 0 Å². The Morgan fingerprint density at radius 3 is 2.88 bits per heavy atom. The van der Waals surface area contributed by atoms with Crippen molar-refractivity contribution in [2.75, 3.05) is 6.61 Å². The van der Waals surface area contributed by atoms with E-state index >= 15 is 0 Å². The molecular weight excluding hydrogens is 302 g/mol. The Morgan fingerprint density at radius 1 is 1.46 bits per heavy atom. The molecule has 0 aromatic carbocycles. The van der Waals surface area contributed by atoms with E-state index in [1.165, 1.54) is 12.0 Å². The average molecular weight is 329 g/mol. The van der Waals surface area contributed by atoms with Gasteiger partial charge in [0.05, 0.1) is 17.6 Å². The monoisotopic (exact) mass is 329 g/mol. The minimum Gasteiger partial charge on any atom is -0.394 e. The molecule has 130 valence electrons. The molecule has 2 heterocycles. The number of aryl methyl sites for hydroxylation is 1. The van der Waals surface area contributed by atoms with Gasteiger partial charge in [-0.1, -0.05) is 20.8 Å². The first-order valence-electron chi connectivity index (χ1n) is 8.71. The highest BCUT2D eigenvalue weighted by molar-refractivity contribution is 5.97. The lowest BCUT2D eigenvalue weighted by atomic mass is 9.71.